The first-order valence-electron chi connectivity index (χ1n) is 15.1. The fourth-order valence-corrected chi connectivity index (χ4v) is 6.54. The van der Waals surface area contributed by atoms with Crippen LogP contribution < -0.4 is 9.62 Å². The van der Waals surface area contributed by atoms with Crippen molar-refractivity contribution in [3.63, 3.8) is 0 Å². The van der Waals surface area contributed by atoms with E-state index in [0.29, 0.717) is 17.3 Å². The molecule has 45 heavy (non-hydrogen) atoms. The van der Waals surface area contributed by atoms with Crippen molar-refractivity contribution in [2.75, 3.05) is 17.4 Å². The Balaban J connectivity index is 1.79. The quantitative estimate of drug-likeness (QED) is 0.163. The summed E-state index contributed by atoms with van der Waals surface area (Å²) in [5.41, 5.74) is 3.04. The number of hydrogen-bond acceptors (Lipinski definition) is 4. The number of nitrogens with one attached hydrogen (secondary N) is 1. The van der Waals surface area contributed by atoms with E-state index >= 15 is 0 Å². The van der Waals surface area contributed by atoms with Gasteiger partial charge in [-0.3, -0.25) is 13.9 Å². The Labute approximate surface area is 271 Å². The smallest absolute Gasteiger partial charge is 0.264 e. The molecule has 0 unspecified atom stereocenters. The fraction of sp³-hybridized carbons (Fsp3) is 0.278. The molecular formula is C36H40ClN3O4S. The van der Waals surface area contributed by atoms with Gasteiger partial charge in [0.05, 0.1) is 10.6 Å². The van der Waals surface area contributed by atoms with E-state index < -0.39 is 28.5 Å². The van der Waals surface area contributed by atoms with Crippen molar-refractivity contribution in [1.82, 2.24) is 10.2 Å². The number of rotatable bonds is 14. The summed E-state index contributed by atoms with van der Waals surface area (Å²) in [6.07, 6.45) is 0.981. The molecule has 1 atom stereocenters. The number of halogens is 1. The molecule has 0 saturated heterocycles. The Bertz CT molecular complexity index is 1650. The highest BCUT2D eigenvalue weighted by atomic mass is 35.5. The van der Waals surface area contributed by atoms with Crippen molar-refractivity contribution < 1.29 is 18.0 Å². The van der Waals surface area contributed by atoms with E-state index in [1.165, 1.54) is 17.0 Å². The zero-order chi connectivity index (χ0) is 32.4. The van der Waals surface area contributed by atoms with Crippen molar-refractivity contribution in [3.8, 4) is 0 Å². The number of carbonyl (C=O) groups is 2. The van der Waals surface area contributed by atoms with Crippen LogP contribution in [0.4, 0.5) is 5.69 Å². The topological polar surface area (TPSA) is 86.8 Å². The van der Waals surface area contributed by atoms with Gasteiger partial charge in [0, 0.05) is 24.5 Å². The standard InChI is InChI=1S/C36H40ClN3O4S/c1-4-23-38-36(42)34(24-28-11-7-5-8-12-28)39(25-29-15-19-31(37)20-16-29)35(41)26-40(32-21-17-30(18-22-32)27(2)3)45(43,44)33-13-9-6-10-14-33/h5-22,27,34H,4,23-26H2,1-3H3,(H,38,42)/t34-/m0/s1. The van der Waals surface area contributed by atoms with Gasteiger partial charge in [-0.15, -0.1) is 0 Å². The van der Waals surface area contributed by atoms with Crippen molar-refractivity contribution in [3.05, 3.63) is 131 Å². The molecule has 7 nitrogen and oxygen atoms in total. The molecule has 9 heteroatoms. The van der Waals surface area contributed by atoms with Crippen LogP contribution in [-0.4, -0.2) is 44.3 Å². The SMILES string of the molecule is CCCNC(=O)[C@H](Cc1ccccc1)N(Cc1ccc(Cl)cc1)C(=O)CN(c1ccc(C(C)C)cc1)S(=O)(=O)c1ccccc1. The normalized spacial score (nSPS) is 12.0. The molecule has 0 aromatic heterocycles. The van der Waals surface area contributed by atoms with Gasteiger partial charge in [0.1, 0.15) is 12.6 Å². The Hall–Kier alpha value is -4.14. The lowest BCUT2D eigenvalue weighted by atomic mass is 10.0. The highest BCUT2D eigenvalue weighted by Crippen LogP contribution is 2.27. The minimum atomic E-state index is -4.15. The molecule has 0 fully saturated rings. The molecule has 0 aliphatic rings. The van der Waals surface area contributed by atoms with Crippen LogP contribution in [0.1, 0.15) is 49.8 Å². The summed E-state index contributed by atoms with van der Waals surface area (Å²) in [6, 6.07) is 30.9. The molecule has 0 bridgehead atoms. The number of nitrogens with zero attached hydrogens (tertiary/aromatic N) is 2. The summed E-state index contributed by atoms with van der Waals surface area (Å²) >= 11 is 6.15. The van der Waals surface area contributed by atoms with Crippen molar-refractivity contribution in [2.45, 2.75) is 57.0 Å². The lowest BCUT2D eigenvalue weighted by Gasteiger charge is -2.34. The van der Waals surface area contributed by atoms with Crippen LogP contribution in [0, 0.1) is 0 Å². The second-order valence-corrected chi connectivity index (χ2v) is 13.5. The second kappa shape index (κ2) is 15.7. The van der Waals surface area contributed by atoms with Gasteiger partial charge >= 0.3 is 0 Å². The summed E-state index contributed by atoms with van der Waals surface area (Å²) in [4.78, 5) is 29.7. The van der Waals surface area contributed by atoms with Crippen LogP contribution in [-0.2, 0) is 32.6 Å². The first kappa shape index (κ1) is 33.7. The van der Waals surface area contributed by atoms with Gasteiger partial charge in [0.25, 0.3) is 10.0 Å². The minimum Gasteiger partial charge on any atom is -0.354 e. The Morgan fingerprint density at radius 3 is 1.98 bits per heavy atom. The minimum absolute atomic E-state index is 0.0662. The van der Waals surface area contributed by atoms with E-state index in [4.69, 9.17) is 11.6 Å². The number of hydrogen-bond donors (Lipinski definition) is 1. The summed E-state index contributed by atoms with van der Waals surface area (Å²) in [7, 11) is -4.15. The van der Waals surface area contributed by atoms with Crippen molar-refractivity contribution >= 4 is 39.1 Å². The lowest BCUT2D eigenvalue weighted by Crippen LogP contribution is -2.53. The molecule has 4 aromatic rings. The van der Waals surface area contributed by atoms with Gasteiger partial charge in [0.15, 0.2) is 0 Å². The Morgan fingerprint density at radius 2 is 1.40 bits per heavy atom. The molecule has 0 aliphatic carbocycles. The molecule has 4 rings (SSSR count). The van der Waals surface area contributed by atoms with Crippen LogP contribution in [0.3, 0.4) is 0 Å². The zero-order valence-electron chi connectivity index (χ0n) is 25.9. The average molecular weight is 646 g/mol. The predicted molar refractivity (Wildman–Crippen MR) is 181 cm³/mol. The van der Waals surface area contributed by atoms with Crippen LogP contribution in [0.5, 0.6) is 0 Å². The number of amides is 2. The molecule has 0 heterocycles. The van der Waals surface area contributed by atoms with Gasteiger partial charge in [-0.05, 0) is 65.4 Å². The van der Waals surface area contributed by atoms with Crippen molar-refractivity contribution in [1.29, 1.82) is 0 Å². The first-order chi connectivity index (χ1) is 21.6. The van der Waals surface area contributed by atoms with E-state index in [-0.39, 0.29) is 29.7 Å². The van der Waals surface area contributed by atoms with Crippen LogP contribution in [0.25, 0.3) is 0 Å². The molecule has 0 saturated carbocycles. The maximum absolute atomic E-state index is 14.5. The third-order valence-corrected chi connectivity index (χ3v) is 9.58. The Morgan fingerprint density at radius 1 is 0.800 bits per heavy atom. The van der Waals surface area contributed by atoms with Crippen LogP contribution >= 0.6 is 11.6 Å². The van der Waals surface area contributed by atoms with Crippen LogP contribution in [0.15, 0.2) is 114 Å². The monoisotopic (exact) mass is 645 g/mol. The maximum Gasteiger partial charge on any atom is 0.264 e. The summed E-state index contributed by atoms with van der Waals surface area (Å²) in [5.74, 6) is -0.568. The molecular weight excluding hydrogens is 606 g/mol. The van der Waals surface area contributed by atoms with E-state index in [9.17, 15) is 18.0 Å². The molecule has 1 N–H and O–H groups in total. The van der Waals surface area contributed by atoms with Gasteiger partial charge in [-0.2, -0.15) is 0 Å². The molecule has 0 spiro atoms. The van der Waals surface area contributed by atoms with E-state index in [1.54, 1.807) is 54.6 Å². The highest BCUT2D eigenvalue weighted by Gasteiger charge is 2.34. The maximum atomic E-state index is 14.5. The van der Waals surface area contributed by atoms with E-state index in [2.05, 4.69) is 19.2 Å². The molecule has 2 amide bonds. The molecule has 0 radical (unpaired) electrons. The van der Waals surface area contributed by atoms with Gasteiger partial charge in [0.2, 0.25) is 11.8 Å². The summed E-state index contributed by atoms with van der Waals surface area (Å²) < 4.78 is 29.3. The number of benzene rings is 4. The largest absolute Gasteiger partial charge is 0.354 e. The van der Waals surface area contributed by atoms with E-state index in [1.807, 2.05) is 49.4 Å². The van der Waals surface area contributed by atoms with Gasteiger partial charge in [-0.1, -0.05) is 105 Å². The number of anilines is 1. The average Bonchev–Trinajstić information content (AvgIpc) is 3.05. The highest BCUT2D eigenvalue weighted by molar-refractivity contribution is 7.92. The summed E-state index contributed by atoms with van der Waals surface area (Å²) in [6.45, 7) is 6.10. The number of carbonyl (C=O) groups excluding carboxylic acids is 2. The lowest BCUT2D eigenvalue weighted by molar-refractivity contribution is -0.140. The molecule has 4 aromatic carbocycles. The van der Waals surface area contributed by atoms with Crippen LogP contribution in [0.2, 0.25) is 5.02 Å². The molecule has 236 valence electrons. The zero-order valence-corrected chi connectivity index (χ0v) is 27.5. The summed E-state index contributed by atoms with van der Waals surface area (Å²) in [5, 5.41) is 3.50. The molecule has 0 aliphatic heterocycles. The second-order valence-electron chi connectivity index (χ2n) is 11.2. The fourth-order valence-electron chi connectivity index (χ4n) is 4.98. The number of sulfonamides is 1. The predicted octanol–water partition coefficient (Wildman–Crippen LogP) is 6.83. The third kappa shape index (κ3) is 8.96. The Kier molecular flexibility index (Phi) is 11.8. The third-order valence-electron chi connectivity index (χ3n) is 7.54. The van der Waals surface area contributed by atoms with Gasteiger partial charge in [-0.25, -0.2) is 8.42 Å². The van der Waals surface area contributed by atoms with Gasteiger partial charge < -0.3 is 10.2 Å². The first-order valence-corrected chi connectivity index (χ1v) is 16.9. The van der Waals surface area contributed by atoms with E-state index in [0.717, 1.165) is 27.4 Å². The van der Waals surface area contributed by atoms with Crippen molar-refractivity contribution in [2.24, 2.45) is 0 Å².